The summed E-state index contributed by atoms with van der Waals surface area (Å²) in [4.78, 5) is 1.000. The predicted molar refractivity (Wildman–Crippen MR) is 82.5 cm³/mol. The Morgan fingerprint density at radius 1 is 1.59 bits per heavy atom. The summed E-state index contributed by atoms with van der Waals surface area (Å²) in [6.45, 7) is -2.83. The molecule has 0 aromatic heterocycles. The molecule has 2 heterocycles. The van der Waals surface area contributed by atoms with E-state index in [0.29, 0.717) is 0 Å². The average molecular weight is 308 g/mol. The summed E-state index contributed by atoms with van der Waals surface area (Å²) in [7, 11) is 1.39. The smallest absolute Gasteiger partial charge is 0.211 e. The SMILES string of the molecule is [2H]OC1([2H])C=C[C@@]2([2H])[C@@H]3N(C([2H])([2H])[2H])CC[C@@]24c2c(ccc(OC)c2OC14[2H])C3([2H])[2H]. The highest BCUT2D eigenvalue weighted by Gasteiger charge is 2.64. The molecular formula is C18H21NO3. The first-order chi connectivity index (χ1) is 14.2. The van der Waals surface area contributed by atoms with Crippen LogP contribution in [0.4, 0.5) is 0 Å². The predicted octanol–water partition coefficient (Wildman–Crippen LogP) is 1.50. The Balaban J connectivity index is 1.95. The number of methoxy groups -OCH3 is 1. The minimum atomic E-state index is -2.68. The fourth-order valence-corrected chi connectivity index (χ4v) is 4.19. The summed E-state index contributed by atoms with van der Waals surface area (Å²) in [6, 6.07) is 1.44. The van der Waals surface area contributed by atoms with Crippen LogP contribution >= 0.6 is 0 Å². The second-order valence-electron chi connectivity index (χ2n) is 6.00. The monoisotopic (exact) mass is 308 g/mol. The van der Waals surface area contributed by atoms with Crippen LogP contribution in [0.25, 0.3) is 0 Å². The number of likely N-dealkylation sites (N-methyl/N-ethyl adjacent to an activating group) is 1. The van der Waals surface area contributed by atoms with Crippen molar-refractivity contribution < 1.29 is 25.5 Å². The van der Waals surface area contributed by atoms with Crippen molar-refractivity contribution in [2.24, 2.45) is 5.89 Å². The summed E-state index contributed by atoms with van der Waals surface area (Å²) in [5.41, 5.74) is -1.34. The Labute approximate surface area is 143 Å². The molecule has 0 saturated carbocycles. The van der Waals surface area contributed by atoms with Crippen molar-refractivity contribution in [3.8, 4) is 11.5 Å². The van der Waals surface area contributed by atoms with E-state index >= 15 is 0 Å². The van der Waals surface area contributed by atoms with Gasteiger partial charge in [0.25, 0.3) is 0 Å². The Hall–Kier alpha value is -1.52. The first-order valence-corrected chi connectivity index (χ1v) is 7.28. The van der Waals surface area contributed by atoms with Crippen LogP contribution in [-0.2, 0) is 11.8 Å². The van der Waals surface area contributed by atoms with Crippen LogP contribution in [0.2, 0.25) is 0 Å². The number of hydrogen-bond acceptors (Lipinski definition) is 4. The largest absolute Gasteiger partial charge is 0.493 e. The topological polar surface area (TPSA) is 41.9 Å². The van der Waals surface area contributed by atoms with E-state index in [2.05, 4.69) is 5.11 Å². The molecule has 1 fully saturated rings. The minimum Gasteiger partial charge on any atom is -0.493 e. The second-order valence-corrected chi connectivity index (χ2v) is 6.00. The number of hydrogen-bond donors (Lipinski definition) is 1. The zero-order valence-corrected chi connectivity index (χ0v) is 12.0. The molecular weight excluding hydrogens is 278 g/mol. The third kappa shape index (κ3) is 1.28. The molecule has 1 aromatic carbocycles. The average Bonchev–Trinajstić information content (AvgIpc) is 2.96. The van der Waals surface area contributed by atoms with Crippen LogP contribution in [0, 0.1) is 5.89 Å². The second kappa shape index (κ2) is 4.06. The van der Waals surface area contributed by atoms with Gasteiger partial charge in [0.05, 0.1) is 9.85 Å². The number of ether oxygens (including phenoxy) is 2. The zero-order chi connectivity index (χ0) is 22.8. The van der Waals surface area contributed by atoms with Gasteiger partial charge in [-0.2, -0.15) is 0 Å². The molecule has 22 heavy (non-hydrogen) atoms. The van der Waals surface area contributed by atoms with Crippen LogP contribution in [-0.4, -0.2) is 50.3 Å². The zero-order valence-electron chi connectivity index (χ0n) is 21.0. The fourth-order valence-electron chi connectivity index (χ4n) is 4.19. The van der Waals surface area contributed by atoms with E-state index in [1.165, 1.54) is 25.3 Å². The van der Waals surface area contributed by atoms with Gasteiger partial charge in [-0.15, -0.1) is 0 Å². The Morgan fingerprint density at radius 2 is 2.55 bits per heavy atom. The highest BCUT2D eigenvalue weighted by molar-refractivity contribution is 5.62. The molecule has 1 saturated heterocycles. The van der Waals surface area contributed by atoms with Crippen molar-refractivity contribution in [3.05, 3.63) is 35.4 Å². The normalized spacial score (nSPS) is 59.9. The summed E-state index contributed by atoms with van der Waals surface area (Å²) < 4.78 is 88.2. The first-order valence-electron chi connectivity index (χ1n) is 11.7. The summed E-state index contributed by atoms with van der Waals surface area (Å²) in [5, 5.41) is 4.66. The van der Waals surface area contributed by atoms with Gasteiger partial charge < -0.3 is 19.5 Å². The maximum Gasteiger partial charge on any atom is 0.211 e. The standard InChI is InChI=1S/C18H21NO3/c1-19-8-7-18-11-4-5-13(20)17(18)22-16-14(21-2)6-3-10(15(16)18)9-12(11)19/h3-6,11-13,17,20H,7-9H2,1-2H3/t11-,12+,13?,17?,18-/m0/s1/i1D3,9D2,11D,13D,17D,20D. The van der Waals surface area contributed by atoms with Crippen LogP contribution in [0.1, 0.15) is 28.5 Å². The molecule has 5 atom stereocenters. The van der Waals surface area contributed by atoms with Crippen LogP contribution in [0.15, 0.2) is 24.3 Å². The fraction of sp³-hybridized carbons (Fsp3) is 0.556. The lowest BCUT2D eigenvalue weighted by atomic mass is 9.53. The first kappa shape index (κ1) is 6.93. The third-order valence-electron chi connectivity index (χ3n) is 5.12. The highest BCUT2D eigenvalue weighted by atomic mass is 16.5. The van der Waals surface area contributed by atoms with Gasteiger partial charge >= 0.3 is 0 Å². The van der Waals surface area contributed by atoms with Crippen LogP contribution < -0.4 is 9.47 Å². The summed E-state index contributed by atoms with van der Waals surface area (Å²) >= 11 is 0. The van der Waals surface area contributed by atoms with Crippen molar-refractivity contribution in [1.82, 2.24) is 4.90 Å². The van der Waals surface area contributed by atoms with E-state index in [0.717, 1.165) is 11.0 Å². The summed E-state index contributed by atoms with van der Waals surface area (Å²) in [5.74, 6) is -1.75. The number of piperidine rings is 1. The van der Waals surface area contributed by atoms with Gasteiger partial charge in [0, 0.05) is 31.1 Å². The molecule has 4 heteroatoms. The van der Waals surface area contributed by atoms with Gasteiger partial charge in [-0.3, -0.25) is 0 Å². The Kier molecular flexibility index (Phi) is 1.28. The van der Waals surface area contributed by atoms with E-state index in [4.69, 9.17) is 19.1 Å². The molecule has 1 spiro atoms. The van der Waals surface area contributed by atoms with Gasteiger partial charge in [0.15, 0.2) is 11.5 Å². The number of benzene rings is 1. The van der Waals surface area contributed by atoms with E-state index < -0.39 is 42.9 Å². The van der Waals surface area contributed by atoms with Gasteiger partial charge in [0.1, 0.15) is 12.2 Å². The Bertz CT molecular complexity index is 1020. The maximum atomic E-state index is 9.49. The molecule has 1 aromatic rings. The molecule has 2 unspecified atom stereocenters. The molecule has 2 bridgehead atoms. The van der Waals surface area contributed by atoms with Crippen molar-refractivity contribution in [3.63, 3.8) is 0 Å². The molecule has 2 aliphatic heterocycles. The molecule has 116 valence electrons. The van der Waals surface area contributed by atoms with Crippen molar-refractivity contribution in [2.45, 2.75) is 36.4 Å². The van der Waals surface area contributed by atoms with Crippen molar-refractivity contribution >= 4 is 0 Å². The number of rotatable bonds is 2. The van der Waals surface area contributed by atoms with E-state index in [1.54, 1.807) is 0 Å². The number of nitrogens with zero attached hydrogens (tertiary/aromatic N) is 1. The molecule has 5 rings (SSSR count). The van der Waals surface area contributed by atoms with Crippen LogP contribution in [0.3, 0.4) is 0 Å². The lowest BCUT2D eigenvalue weighted by Gasteiger charge is -2.56. The third-order valence-corrected chi connectivity index (χ3v) is 5.12. The molecule has 4 aliphatic rings. The maximum absolute atomic E-state index is 9.49. The minimum absolute atomic E-state index is 0.0358. The highest BCUT2D eigenvalue weighted by Crippen LogP contribution is 2.62. The molecule has 2 aliphatic carbocycles. The van der Waals surface area contributed by atoms with E-state index in [9.17, 15) is 2.74 Å². The van der Waals surface area contributed by atoms with Crippen LogP contribution in [0.5, 0.6) is 11.5 Å². The number of likely N-dealkylation sites (tertiary alicyclic amines) is 1. The molecule has 1 N–H and O–H groups in total. The molecule has 4 nitrogen and oxygen atoms in total. The molecule has 0 radical (unpaired) electrons. The molecule has 0 amide bonds. The van der Waals surface area contributed by atoms with E-state index in [1.807, 2.05) is 0 Å². The quantitative estimate of drug-likeness (QED) is 0.841. The van der Waals surface area contributed by atoms with Crippen molar-refractivity contribution in [1.29, 1.82) is 1.43 Å². The lowest BCUT2D eigenvalue weighted by Crippen LogP contribution is -2.64. The summed E-state index contributed by atoms with van der Waals surface area (Å²) in [6.07, 6.45) is -4.79. The van der Waals surface area contributed by atoms with Gasteiger partial charge in [-0.05, 0) is 37.9 Å². The van der Waals surface area contributed by atoms with E-state index in [-0.39, 0.29) is 35.6 Å². The van der Waals surface area contributed by atoms with Gasteiger partial charge in [0.2, 0.25) is 1.43 Å². The van der Waals surface area contributed by atoms with Crippen molar-refractivity contribution in [2.75, 3.05) is 20.6 Å². The van der Waals surface area contributed by atoms with Gasteiger partial charge in [-0.25, -0.2) is 0 Å². The Morgan fingerprint density at radius 3 is 3.36 bits per heavy atom. The van der Waals surface area contributed by atoms with Gasteiger partial charge in [-0.1, -0.05) is 18.2 Å². The number of aliphatic hydroxyl groups is 1. The lowest BCUT2D eigenvalue weighted by molar-refractivity contribution is -0.0453.